The Labute approximate surface area is 85.8 Å². The highest BCUT2D eigenvalue weighted by molar-refractivity contribution is 8.01. The van der Waals surface area contributed by atoms with Crippen molar-refractivity contribution in [3.8, 4) is 0 Å². The highest BCUT2D eigenvalue weighted by Crippen LogP contribution is 2.42. The zero-order valence-electron chi connectivity index (χ0n) is 7.01. The van der Waals surface area contributed by atoms with Crippen molar-refractivity contribution in [1.29, 1.82) is 0 Å². The van der Waals surface area contributed by atoms with Crippen molar-refractivity contribution >= 4 is 28.8 Å². The lowest BCUT2D eigenvalue weighted by molar-refractivity contribution is 0.843. The van der Waals surface area contributed by atoms with Gasteiger partial charge < -0.3 is 4.90 Å². The molecule has 0 aliphatic carbocycles. The van der Waals surface area contributed by atoms with Crippen LogP contribution in [0.3, 0.4) is 0 Å². The molecule has 0 saturated carbocycles. The van der Waals surface area contributed by atoms with Crippen LogP contribution in [0, 0.1) is 0 Å². The Morgan fingerprint density at radius 3 is 3.38 bits per heavy atom. The van der Waals surface area contributed by atoms with Crippen LogP contribution in [0.25, 0.3) is 0 Å². The molecule has 0 N–H and O–H groups in total. The number of nitrogens with zero attached hydrogens (tertiary/aromatic N) is 1. The Morgan fingerprint density at radius 2 is 2.38 bits per heavy atom. The summed E-state index contributed by atoms with van der Waals surface area (Å²) < 4.78 is 1.45. The summed E-state index contributed by atoms with van der Waals surface area (Å²) in [5, 5.41) is 2.17. The van der Waals surface area contributed by atoms with Crippen LogP contribution in [0.5, 0.6) is 0 Å². The Morgan fingerprint density at radius 1 is 1.38 bits per heavy atom. The molecule has 13 heavy (non-hydrogen) atoms. The number of fused-ring (bicyclic) bond motifs is 3. The van der Waals surface area contributed by atoms with Crippen molar-refractivity contribution in [2.75, 3.05) is 10.7 Å². The second-order valence-corrected chi connectivity index (χ2v) is 5.31. The van der Waals surface area contributed by atoms with Crippen molar-refractivity contribution in [1.82, 2.24) is 0 Å². The van der Waals surface area contributed by atoms with Crippen LogP contribution >= 0.6 is 23.1 Å². The third-order valence-electron chi connectivity index (χ3n) is 2.32. The summed E-state index contributed by atoms with van der Waals surface area (Å²) in [5.41, 5.74) is 1.38. The van der Waals surface area contributed by atoms with Gasteiger partial charge in [-0.05, 0) is 17.5 Å². The quantitative estimate of drug-likeness (QED) is 0.643. The maximum atomic E-state index is 2.36. The summed E-state index contributed by atoms with van der Waals surface area (Å²) in [5.74, 6) is 1.17. The second-order valence-electron chi connectivity index (χ2n) is 3.11. The van der Waals surface area contributed by atoms with Gasteiger partial charge in [0.1, 0.15) is 0 Å². The zero-order valence-corrected chi connectivity index (χ0v) is 8.65. The maximum Gasteiger partial charge on any atom is 0.0837 e. The monoisotopic (exact) mass is 207 g/mol. The van der Waals surface area contributed by atoms with Crippen molar-refractivity contribution in [3.05, 3.63) is 35.9 Å². The molecule has 1 atom stereocenters. The summed E-state index contributed by atoms with van der Waals surface area (Å²) in [6, 6.07) is 2.78. The van der Waals surface area contributed by atoms with Gasteiger partial charge in [-0.25, -0.2) is 0 Å². The Balaban J connectivity index is 2.08. The Kier molecular flexibility index (Phi) is 1.73. The number of hydrogen-bond acceptors (Lipinski definition) is 3. The third-order valence-corrected chi connectivity index (χ3v) is 4.64. The lowest BCUT2D eigenvalue weighted by atomic mass is 10.2. The number of rotatable bonds is 0. The van der Waals surface area contributed by atoms with Gasteiger partial charge in [-0.1, -0.05) is 12.2 Å². The van der Waals surface area contributed by atoms with Crippen LogP contribution in [-0.4, -0.2) is 11.8 Å². The molecule has 2 aliphatic rings. The normalized spacial score (nSPS) is 24.3. The average molecular weight is 207 g/mol. The molecule has 0 spiro atoms. The van der Waals surface area contributed by atoms with Gasteiger partial charge in [0.05, 0.1) is 15.9 Å². The summed E-state index contributed by atoms with van der Waals surface area (Å²) in [7, 11) is 0. The van der Waals surface area contributed by atoms with Gasteiger partial charge in [-0.2, -0.15) is 0 Å². The minimum absolute atomic E-state index is 0.567. The summed E-state index contributed by atoms with van der Waals surface area (Å²) >= 11 is 3.82. The number of anilines is 1. The van der Waals surface area contributed by atoms with Gasteiger partial charge in [-0.3, -0.25) is 0 Å². The van der Waals surface area contributed by atoms with Gasteiger partial charge in [-0.15, -0.1) is 23.1 Å². The van der Waals surface area contributed by atoms with Crippen LogP contribution in [0.15, 0.2) is 40.1 Å². The largest absolute Gasteiger partial charge is 0.339 e. The molecule has 0 bridgehead atoms. The minimum atomic E-state index is 0.567. The lowest BCUT2D eigenvalue weighted by Crippen LogP contribution is -2.34. The number of thiophene rings is 1. The average Bonchev–Trinajstić information content (AvgIpc) is 2.65. The molecule has 2 aliphatic heterocycles. The Bertz CT molecular complexity index is 378. The fourth-order valence-corrected chi connectivity index (χ4v) is 3.85. The molecule has 1 nitrogen and oxygen atoms in total. The van der Waals surface area contributed by atoms with E-state index in [1.54, 1.807) is 0 Å². The minimum Gasteiger partial charge on any atom is -0.339 e. The first-order valence-corrected chi connectivity index (χ1v) is 6.15. The molecular weight excluding hydrogens is 198 g/mol. The van der Waals surface area contributed by atoms with E-state index in [2.05, 4.69) is 40.8 Å². The van der Waals surface area contributed by atoms with Crippen LogP contribution in [-0.2, 0) is 0 Å². The van der Waals surface area contributed by atoms with Gasteiger partial charge >= 0.3 is 0 Å². The topological polar surface area (TPSA) is 3.24 Å². The van der Waals surface area contributed by atoms with Crippen LogP contribution in [0.1, 0.15) is 0 Å². The predicted molar refractivity (Wildman–Crippen MR) is 59.6 cm³/mol. The second kappa shape index (κ2) is 2.93. The van der Waals surface area contributed by atoms with Crippen molar-refractivity contribution < 1.29 is 0 Å². The SMILES string of the molecule is C1=CC2CSc3sccc3N2C=C1. The zero-order chi connectivity index (χ0) is 8.67. The van der Waals surface area contributed by atoms with Gasteiger partial charge in [0.25, 0.3) is 0 Å². The standard InChI is InChI=1S/C10H9NS2/c1-2-5-11-8(3-1)7-13-10-9(11)4-6-12-10/h1-6,8H,7H2. The van der Waals surface area contributed by atoms with E-state index in [0.717, 1.165) is 0 Å². The first kappa shape index (κ1) is 7.71. The van der Waals surface area contributed by atoms with E-state index >= 15 is 0 Å². The molecular formula is C10H9NS2. The number of allylic oxidation sites excluding steroid dienone is 2. The highest BCUT2D eigenvalue weighted by Gasteiger charge is 2.25. The van der Waals surface area contributed by atoms with Crippen molar-refractivity contribution in [2.24, 2.45) is 0 Å². The van der Waals surface area contributed by atoms with Crippen LogP contribution in [0.4, 0.5) is 5.69 Å². The molecule has 66 valence electrons. The molecule has 0 fully saturated rings. The third kappa shape index (κ3) is 1.15. The van der Waals surface area contributed by atoms with E-state index in [9.17, 15) is 0 Å². The lowest BCUT2D eigenvalue weighted by Gasteiger charge is -2.33. The smallest absolute Gasteiger partial charge is 0.0837 e. The summed E-state index contributed by atoms with van der Waals surface area (Å²) in [6.07, 6.45) is 8.69. The van der Waals surface area contributed by atoms with E-state index in [1.807, 2.05) is 23.1 Å². The molecule has 3 rings (SSSR count). The summed E-state index contributed by atoms with van der Waals surface area (Å²) in [4.78, 5) is 2.36. The first-order chi connectivity index (χ1) is 6.45. The van der Waals surface area contributed by atoms with Gasteiger partial charge in [0.15, 0.2) is 0 Å². The molecule has 0 saturated heterocycles. The Hall–Kier alpha value is -0.670. The van der Waals surface area contributed by atoms with Crippen LogP contribution < -0.4 is 4.90 Å². The number of hydrogen-bond donors (Lipinski definition) is 0. The number of thioether (sulfide) groups is 1. The van der Waals surface area contributed by atoms with Gasteiger partial charge in [0.2, 0.25) is 0 Å². The van der Waals surface area contributed by atoms with Crippen molar-refractivity contribution in [3.63, 3.8) is 0 Å². The molecule has 1 aromatic heterocycles. The molecule has 1 unspecified atom stereocenters. The molecule has 0 aromatic carbocycles. The first-order valence-electron chi connectivity index (χ1n) is 4.29. The van der Waals surface area contributed by atoms with E-state index in [1.165, 1.54) is 15.6 Å². The highest BCUT2D eigenvalue weighted by atomic mass is 32.2. The van der Waals surface area contributed by atoms with Crippen LogP contribution in [0.2, 0.25) is 0 Å². The molecule has 0 radical (unpaired) electrons. The van der Waals surface area contributed by atoms with Crippen molar-refractivity contribution in [2.45, 2.75) is 10.3 Å². The predicted octanol–water partition coefficient (Wildman–Crippen LogP) is 3.11. The van der Waals surface area contributed by atoms with E-state index in [4.69, 9.17) is 0 Å². The fraction of sp³-hybridized carbons (Fsp3) is 0.200. The maximum absolute atomic E-state index is 2.36. The molecule has 1 aromatic rings. The molecule has 3 heteroatoms. The summed E-state index contributed by atoms with van der Waals surface area (Å²) in [6.45, 7) is 0. The van der Waals surface area contributed by atoms with Gasteiger partial charge in [0, 0.05) is 12.0 Å². The molecule has 0 amide bonds. The fourth-order valence-electron chi connectivity index (χ4n) is 1.68. The van der Waals surface area contributed by atoms with E-state index in [-0.39, 0.29) is 0 Å². The van der Waals surface area contributed by atoms with E-state index in [0.29, 0.717) is 6.04 Å². The van der Waals surface area contributed by atoms with E-state index < -0.39 is 0 Å². The molecule has 3 heterocycles.